The quantitative estimate of drug-likeness (QED) is 0.854. The van der Waals surface area contributed by atoms with Crippen LogP contribution in [0.2, 0.25) is 0 Å². The highest BCUT2D eigenvalue weighted by atomic mass is 16.5. The van der Waals surface area contributed by atoms with Crippen molar-refractivity contribution in [1.82, 2.24) is 19.9 Å². The van der Waals surface area contributed by atoms with Crippen LogP contribution in [0.4, 0.5) is 5.82 Å². The summed E-state index contributed by atoms with van der Waals surface area (Å²) in [7, 11) is 0. The largest absolute Gasteiger partial charge is 0.476 e. The lowest BCUT2D eigenvalue weighted by atomic mass is 9.98. The van der Waals surface area contributed by atoms with Crippen LogP contribution in [0.3, 0.4) is 0 Å². The van der Waals surface area contributed by atoms with Gasteiger partial charge < -0.3 is 9.64 Å². The normalized spacial score (nSPS) is 16.0. The summed E-state index contributed by atoms with van der Waals surface area (Å²) in [6.07, 6.45) is 8.97. The highest BCUT2D eigenvalue weighted by Gasteiger charge is 2.21. The number of piperidine rings is 1. The van der Waals surface area contributed by atoms with Crippen molar-refractivity contribution in [2.24, 2.45) is 5.92 Å². The maximum absolute atomic E-state index is 5.69. The first-order valence-electron chi connectivity index (χ1n) is 7.24. The summed E-state index contributed by atoms with van der Waals surface area (Å²) < 4.78 is 5.69. The molecule has 0 aliphatic carbocycles. The predicted octanol–water partition coefficient (Wildman–Crippen LogP) is 1.87. The second-order valence-corrected chi connectivity index (χ2v) is 5.25. The van der Waals surface area contributed by atoms with Gasteiger partial charge in [0, 0.05) is 31.7 Å². The van der Waals surface area contributed by atoms with E-state index >= 15 is 0 Å². The first-order valence-corrected chi connectivity index (χ1v) is 7.24. The van der Waals surface area contributed by atoms with E-state index in [2.05, 4.69) is 24.8 Å². The molecular weight excluding hydrogens is 266 g/mol. The molecule has 6 nitrogen and oxygen atoms in total. The number of rotatable bonds is 4. The maximum Gasteiger partial charge on any atom is 0.232 e. The minimum atomic E-state index is 0.561. The summed E-state index contributed by atoms with van der Waals surface area (Å²) in [4.78, 5) is 19.1. The molecule has 1 saturated heterocycles. The number of hydrogen-bond acceptors (Lipinski definition) is 6. The molecule has 0 spiro atoms. The summed E-state index contributed by atoms with van der Waals surface area (Å²) in [5, 5.41) is 0. The molecule has 0 unspecified atom stereocenters. The molecule has 1 aliphatic rings. The molecule has 2 aromatic heterocycles. The molecule has 3 heterocycles. The topological polar surface area (TPSA) is 64.0 Å². The van der Waals surface area contributed by atoms with E-state index in [0.717, 1.165) is 37.6 Å². The average molecular weight is 285 g/mol. The Morgan fingerprint density at radius 3 is 2.76 bits per heavy atom. The fourth-order valence-corrected chi connectivity index (χ4v) is 2.51. The summed E-state index contributed by atoms with van der Waals surface area (Å²) in [5.41, 5.74) is 0. The van der Waals surface area contributed by atoms with Crippen LogP contribution in [-0.2, 0) is 0 Å². The first-order chi connectivity index (χ1) is 10.3. The Morgan fingerprint density at radius 2 is 2.05 bits per heavy atom. The van der Waals surface area contributed by atoms with Crippen LogP contribution in [-0.4, -0.2) is 39.6 Å². The Hall–Kier alpha value is -2.24. The summed E-state index contributed by atoms with van der Waals surface area (Å²) in [5.74, 6) is 3.01. The van der Waals surface area contributed by atoms with Gasteiger partial charge >= 0.3 is 0 Å². The van der Waals surface area contributed by atoms with Gasteiger partial charge in [0.25, 0.3) is 0 Å². The van der Waals surface area contributed by atoms with Gasteiger partial charge in [-0.3, -0.25) is 4.98 Å². The minimum absolute atomic E-state index is 0.561. The summed E-state index contributed by atoms with van der Waals surface area (Å²) >= 11 is 0. The molecule has 0 saturated carbocycles. The van der Waals surface area contributed by atoms with Crippen LogP contribution in [0.1, 0.15) is 18.7 Å². The molecule has 0 atom stereocenters. The first kappa shape index (κ1) is 13.7. The van der Waals surface area contributed by atoms with Gasteiger partial charge in [-0.15, -0.1) is 0 Å². The predicted molar refractivity (Wildman–Crippen MR) is 79.2 cm³/mol. The van der Waals surface area contributed by atoms with Crippen molar-refractivity contribution in [1.29, 1.82) is 0 Å². The Bertz CT molecular complexity index is 569. The Balaban J connectivity index is 1.49. The van der Waals surface area contributed by atoms with Crippen LogP contribution in [0.25, 0.3) is 0 Å². The van der Waals surface area contributed by atoms with Crippen molar-refractivity contribution in [3.8, 4) is 5.88 Å². The summed E-state index contributed by atoms with van der Waals surface area (Å²) in [6.45, 7) is 4.64. The zero-order valence-electron chi connectivity index (χ0n) is 12.1. The van der Waals surface area contributed by atoms with Gasteiger partial charge in [0.15, 0.2) is 0 Å². The third-order valence-corrected chi connectivity index (χ3v) is 3.71. The van der Waals surface area contributed by atoms with E-state index in [1.807, 2.05) is 19.2 Å². The van der Waals surface area contributed by atoms with E-state index in [4.69, 9.17) is 4.74 Å². The zero-order chi connectivity index (χ0) is 14.5. The molecule has 21 heavy (non-hydrogen) atoms. The van der Waals surface area contributed by atoms with E-state index in [0.29, 0.717) is 18.4 Å². The molecule has 6 heteroatoms. The van der Waals surface area contributed by atoms with E-state index in [1.165, 1.54) is 0 Å². The number of aryl methyl sites for hydroxylation is 1. The highest BCUT2D eigenvalue weighted by molar-refractivity contribution is 5.37. The van der Waals surface area contributed by atoms with Gasteiger partial charge in [0.05, 0.1) is 12.8 Å². The van der Waals surface area contributed by atoms with Crippen molar-refractivity contribution in [3.63, 3.8) is 0 Å². The second kappa shape index (κ2) is 6.47. The van der Waals surface area contributed by atoms with E-state index in [-0.39, 0.29) is 0 Å². The van der Waals surface area contributed by atoms with Gasteiger partial charge in [-0.25, -0.2) is 15.0 Å². The van der Waals surface area contributed by atoms with Gasteiger partial charge in [0.1, 0.15) is 11.6 Å². The molecule has 3 rings (SSSR count). The van der Waals surface area contributed by atoms with Crippen molar-refractivity contribution < 1.29 is 4.74 Å². The standard InChI is InChI=1S/C15H19N5O/c1-12-17-5-2-14(19-12)20-8-3-13(4-9-20)11-21-15-10-16-6-7-18-15/h2,5-7,10,13H,3-4,8-9,11H2,1H3. The van der Waals surface area contributed by atoms with Crippen LogP contribution >= 0.6 is 0 Å². The number of anilines is 1. The molecule has 0 amide bonds. The molecule has 1 aliphatic heterocycles. The van der Waals surface area contributed by atoms with Crippen molar-refractivity contribution in [3.05, 3.63) is 36.7 Å². The Morgan fingerprint density at radius 1 is 1.19 bits per heavy atom. The van der Waals surface area contributed by atoms with Crippen molar-refractivity contribution in [2.75, 3.05) is 24.6 Å². The lowest BCUT2D eigenvalue weighted by Crippen LogP contribution is -2.36. The minimum Gasteiger partial charge on any atom is -0.476 e. The van der Waals surface area contributed by atoms with Gasteiger partial charge in [0.2, 0.25) is 5.88 Å². The number of nitrogens with zero attached hydrogens (tertiary/aromatic N) is 5. The summed E-state index contributed by atoms with van der Waals surface area (Å²) in [6, 6.07) is 1.98. The van der Waals surface area contributed by atoms with Crippen molar-refractivity contribution >= 4 is 5.82 Å². The van der Waals surface area contributed by atoms with Crippen LogP contribution in [0, 0.1) is 12.8 Å². The van der Waals surface area contributed by atoms with Crippen molar-refractivity contribution in [2.45, 2.75) is 19.8 Å². The average Bonchev–Trinajstić information content (AvgIpc) is 2.54. The fraction of sp³-hybridized carbons (Fsp3) is 0.467. The van der Waals surface area contributed by atoms with E-state index < -0.39 is 0 Å². The molecule has 110 valence electrons. The lowest BCUT2D eigenvalue weighted by Gasteiger charge is -2.32. The van der Waals surface area contributed by atoms with Crippen LogP contribution in [0.5, 0.6) is 5.88 Å². The highest BCUT2D eigenvalue weighted by Crippen LogP contribution is 2.22. The second-order valence-electron chi connectivity index (χ2n) is 5.25. The molecule has 0 bridgehead atoms. The van der Waals surface area contributed by atoms with E-state index in [9.17, 15) is 0 Å². The third kappa shape index (κ3) is 3.65. The molecular formula is C15H19N5O. The molecule has 0 radical (unpaired) electrons. The lowest BCUT2D eigenvalue weighted by molar-refractivity contribution is 0.215. The fourth-order valence-electron chi connectivity index (χ4n) is 2.51. The Kier molecular flexibility index (Phi) is 4.23. The molecule has 0 N–H and O–H groups in total. The van der Waals surface area contributed by atoms with Crippen LogP contribution in [0.15, 0.2) is 30.9 Å². The van der Waals surface area contributed by atoms with Gasteiger partial charge in [-0.1, -0.05) is 0 Å². The van der Waals surface area contributed by atoms with Gasteiger partial charge in [-0.2, -0.15) is 0 Å². The number of ether oxygens (including phenoxy) is 1. The zero-order valence-corrected chi connectivity index (χ0v) is 12.1. The van der Waals surface area contributed by atoms with E-state index in [1.54, 1.807) is 18.6 Å². The smallest absolute Gasteiger partial charge is 0.232 e. The molecule has 0 aromatic carbocycles. The maximum atomic E-state index is 5.69. The Labute approximate surface area is 124 Å². The van der Waals surface area contributed by atoms with Crippen LogP contribution < -0.4 is 9.64 Å². The number of aromatic nitrogens is 4. The molecule has 1 fully saturated rings. The third-order valence-electron chi connectivity index (χ3n) is 3.71. The number of hydrogen-bond donors (Lipinski definition) is 0. The SMILES string of the molecule is Cc1nccc(N2CCC(COc3cnccn3)CC2)n1. The molecule has 2 aromatic rings. The monoisotopic (exact) mass is 285 g/mol. The van der Waals surface area contributed by atoms with Gasteiger partial charge in [-0.05, 0) is 31.7 Å².